The molecule has 31 heavy (non-hydrogen) atoms. The number of H-pyrrole nitrogens is 1. The van der Waals surface area contributed by atoms with Gasteiger partial charge in [-0.15, -0.1) is 5.10 Å². The van der Waals surface area contributed by atoms with E-state index in [9.17, 15) is 14.0 Å². The highest BCUT2D eigenvalue weighted by atomic mass is 19.1. The molecule has 1 aliphatic heterocycles. The molecule has 1 fully saturated rings. The lowest BCUT2D eigenvalue weighted by Gasteiger charge is -2.32. The number of nitrogens with one attached hydrogen (secondary N) is 1. The lowest BCUT2D eigenvalue weighted by atomic mass is 9.96. The predicted octanol–water partition coefficient (Wildman–Crippen LogP) is 2.99. The first-order valence-electron chi connectivity index (χ1n) is 10.9. The summed E-state index contributed by atoms with van der Waals surface area (Å²) in [5, 5.41) is 8.04. The van der Waals surface area contributed by atoms with Crippen molar-refractivity contribution in [3.63, 3.8) is 0 Å². The Kier molecular flexibility index (Phi) is 6.39. The van der Waals surface area contributed by atoms with Gasteiger partial charge in [0.1, 0.15) is 11.6 Å². The fraction of sp³-hybridized carbons (Fsp3) is 0.500. The molecule has 3 heterocycles. The molecule has 0 radical (unpaired) electrons. The van der Waals surface area contributed by atoms with Crippen molar-refractivity contribution < 1.29 is 9.18 Å². The molecular formula is C22H27FN6O2. The van der Waals surface area contributed by atoms with E-state index in [-0.39, 0.29) is 28.7 Å². The number of hydrogen-bond donors (Lipinski definition) is 1. The van der Waals surface area contributed by atoms with Crippen LogP contribution in [0.3, 0.4) is 0 Å². The Morgan fingerprint density at radius 1 is 1.26 bits per heavy atom. The van der Waals surface area contributed by atoms with Gasteiger partial charge < -0.3 is 9.88 Å². The molecule has 164 valence electrons. The van der Waals surface area contributed by atoms with Gasteiger partial charge in [-0.1, -0.05) is 37.1 Å². The molecule has 2 aromatic heterocycles. The van der Waals surface area contributed by atoms with Gasteiger partial charge in [-0.3, -0.25) is 9.59 Å². The number of unbranched alkanes of at least 4 members (excludes halogenated alkanes) is 2. The number of benzene rings is 1. The molecule has 0 bridgehead atoms. The van der Waals surface area contributed by atoms with E-state index in [0.29, 0.717) is 31.0 Å². The Hall–Kier alpha value is -3.10. The van der Waals surface area contributed by atoms with Crippen molar-refractivity contribution in [3.05, 3.63) is 51.8 Å². The molecule has 0 spiro atoms. The van der Waals surface area contributed by atoms with Crippen molar-refractivity contribution in [1.29, 1.82) is 0 Å². The highest BCUT2D eigenvalue weighted by Gasteiger charge is 2.27. The highest BCUT2D eigenvalue weighted by molar-refractivity contribution is 5.76. The largest absolute Gasteiger partial charge is 0.342 e. The number of amides is 1. The third-order valence-electron chi connectivity index (χ3n) is 5.79. The smallest absolute Gasteiger partial charge is 0.281 e. The quantitative estimate of drug-likeness (QED) is 0.586. The minimum atomic E-state index is -0.336. The Morgan fingerprint density at radius 2 is 2.06 bits per heavy atom. The lowest BCUT2D eigenvalue weighted by Crippen LogP contribution is -2.39. The van der Waals surface area contributed by atoms with Gasteiger partial charge in [-0.25, -0.2) is 14.1 Å². The van der Waals surface area contributed by atoms with Gasteiger partial charge in [0, 0.05) is 25.4 Å². The SMILES string of the molecule is CCCCCC(=O)N1CCCC(c2nc3c(nnn3Cc3ccc(F)cc3)c(=O)[nH]2)C1. The molecule has 1 atom stereocenters. The minimum absolute atomic E-state index is 0.0323. The van der Waals surface area contributed by atoms with Gasteiger partial charge in [-0.2, -0.15) is 0 Å². The number of piperidine rings is 1. The van der Waals surface area contributed by atoms with Crippen molar-refractivity contribution in [1.82, 2.24) is 29.9 Å². The van der Waals surface area contributed by atoms with E-state index >= 15 is 0 Å². The van der Waals surface area contributed by atoms with Crippen molar-refractivity contribution in [3.8, 4) is 0 Å². The molecule has 1 saturated heterocycles. The van der Waals surface area contributed by atoms with E-state index in [2.05, 4.69) is 27.2 Å². The predicted molar refractivity (Wildman–Crippen MR) is 114 cm³/mol. The standard InChI is InChI=1S/C22H27FN6O2/c1-2-3-4-7-18(30)28-12-5-6-16(14-28)20-24-21-19(22(31)25-20)26-27-29(21)13-15-8-10-17(23)11-9-15/h8-11,16H,2-7,12-14H2,1H3,(H,24,25,31). The van der Waals surface area contributed by atoms with Crippen molar-refractivity contribution in [2.75, 3.05) is 13.1 Å². The molecular weight excluding hydrogens is 399 g/mol. The molecule has 1 unspecified atom stereocenters. The van der Waals surface area contributed by atoms with Crippen molar-refractivity contribution in [2.24, 2.45) is 0 Å². The number of aromatic amines is 1. The second-order valence-electron chi connectivity index (χ2n) is 8.13. The number of nitrogens with zero attached hydrogens (tertiary/aromatic N) is 5. The second kappa shape index (κ2) is 9.36. The zero-order valence-corrected chi connectivity index (χ0v) is 17.7. The highest BCUT2D eigenvalue weighted by Crippen LogP contribution is 2.25. The fourth-order valence-electron chi connectivity index (χ4n) is 4.06. The number of carbonyl (C=O) groups is 1. The number of hydrogen-bond acceptors (Lipinski definition) is 5. The number of fused-ring (bicyclic) bond motifs is 1. The van der Waals surface area contributed by atoms with E-state index in [1.54, 1.807) is 16.8 Å². The molecule has 0 saturated carbocycles. The van der Waals surface area contributed by atoms with Gasteiger partial charge >= 0.3 is 0 Å². The summed E-state index contributed by atoms with van der Waals surface area (Å²) in [7, 11) is 0. The summed E-state index contributed by atoms with van der Waals surface area (Å²) in [6.45, 7) is 3.76. The van der Waals surface area contributed by atoms with E-state index in [0.717, 1.165) is 44.2 Å². The summed E-state index contributed by atoms with van der Waals surface area (Å²) in [6.07, 6.45) is 5.34. The first-order valence-corrected chi connectivity index (χ1v) is 10.9. The van der Waals surface area contributed by atoms with Crippen LogP contribution in [0.4, 0.5) is 4.39 Å². The van der Waals surface area contributed by atoms with Crippen LogP contribution in [0, 0.1) is 5.82 Å². The zero-order valence-electron chi connectivity index (χ0n) is 17.7. The minimum Gasteiger partial charge on any atom is -0.342 e. The molecule has 1 N–H and O–H groups in total. The summed E-state index contributed by atoms with van der Waals surface area (Å²) >= 11 is 0. The van der Waals surface area contributed by atoms with E-state index in [4.69, 9.17) is 0 Å². The number of likely N-dealkylation sites (tertiary alicyclic amines) is 1. The monoisotopic (exact) mass is 426 g/mol. The maximum absolute atomic E-state index is 13.2. The van der Waals surface area contributed by atoms with Crippen LogP contribution < -0.4 is 5.56 Å². The Bertz CT molecular complexity index is 1110. The van der Waals surface area contributed by atoms with Crippen LogP contribution in [0.15, 0.2) is 29.1 Å². The molecule has 9 heteroatoms. The third kappa shape index (κ3) is 4.81. The molecule has 4 rings (SSSR count). The van der Waals surface area contributed by atoms with E-state index in [1.165, 1.54) is 12.1 Å². The molecule has 8 nitrogen and oxygen atoms in total. The van der Waals surface area contributed by atoms with Crippen LogP contribution in [0.25, 0.3) is 11.2 Å². The van der Waals surface area contributed by atoms with Crippen LogP contribution in [-0.4, -0.2) is 48.9 Å². The van der Waals surface area contributed by atoms with Crippen LogP contribution >= 0.6 is 0 Å². The number of aromatic nitrogens is 5. The normalized spacial score (nSPS) is 16.7. The van der Waals surface area contributed by atoms with Gasteiger partial charge in [0.25, 0.3) is 5.56 Å². The molecule has 1 aromatic carbocycles. The Labute approximate surface area is 179 Å². The molecule has 0 aliphatic carbocycles. The van der Waals surface area contributed by atoms with Crippen LogP contribution in [0.5, 0.6) is 0 Å². The van der Waals surface area contributed by atoms with Crippen molar-refractivity contribution >= 4 is 17.1 Å². The van der Waals surface area contributed by atoms with Gasteiger partial charge in [0.15, 0.2) is 11.2 Å². The maximum atomic E-state index is 13.2. The number of halogens is 1. The van der Waals surface area contributed by atoms with Crippen LogP contribution in [0.1, 0.15) is 62.8 Å². The van der Waals surface area contributed by atoms with E-state index < -0.39 is 0 Å². The lowest BCUT2D eigenvalue weighted by molar-refractivity contribution is -0.132. The van der Waals surface area contributed by atoms with Crippen molar-refractivity contribution in [2.45, 2.75) is 57.9 Å². The summed E-state index contributed by atoms with van der Waals surface area (Å²) in [4.78, 5) is 34.6. The number of carbonyl (C=O) groups excluding carboxylic acids is 1. The zero-order chi connectivity index (χ0) is 21.8. The van der Waals surface area contributed by atoms with Gasteiger partial charge in [0.05, 0.1) is 6.54 Å². The van der Waals surface area contributed by atoms with Crippen LogP contribution in [-0.2, 0) is 11.3 Å². The van der Waals surface area contributed by atoms with Gasteiger partial charge in [-0.05, 0) is 37.0 Å². The second-order valence-corrected chi connectivity index (χ2v) is 8.13. The molecule has 1 aliphatic rings. The number of rotatable bonds is 7. The molecule has 1 amide bonds. The average molecular weight is 426 g/mol. The first-order chi connectivity index (χ1) is 15.0. The average Bonchev–Trinajstić information content (AvgIpc) is 3.19. The summed E-state index contributed by atoms with van der Waals surface area (Å²) in [5.41, 5.74) is 1.07. The van der Waals surface area contributed by atoms with E-state index in [1.807, 2.05) is 4.90 Å². The summed E-state index contributed by atoms with van der Waals surface area (Å²) in [5.74, 6) is 0.390. The topological polar surface area (TPSA) is 96.8 Å². The maximum Gasteiger partial charge on any atom is 0.281 e. The van der Waals surface area contributed by atoms with Gasteiger partial charge in [0.2, 0.25) is 5.91 Å². The molecule has 3 aromatic rings. The Morgan fingerprint density at radius 3 is 2.84 bits per heavy atom. The first kappa shape index (κ1) is 21.1. The summed E-state index contributed by atoms with van der Waals surface area (Å²) < 4.78 is 14.7. The third-order valence-corrected chi connectivity index (χ3v) is 5.79. The Balaban J connectivity index is 1.55. The fourth-order valence-corrected chi connectivity index (χ4v) is 4.06. The van der Waals surface area contributed by atoms with Crippen LogP contribution in [0.2, 0.25) is 0 Å². The summed E-state index contributed by atoms with van der Waals surface area (Å²) in [6, 6.07) is 6.10.